The summed E-state index contributed by atoms with van der Waals surface area (Å²) in [5, 5.41) is 0. The third-order valence-corrected chi connectivity index (χ3v) is 6.28. The molecule has 1 aromatic carbocycles. The van der Waals surface area contributed by atoms with Gasteiger partial charge in [0.25, 0.3) is 0 Å². The van der Waals surface area contributed by atoms with Crippen LogP contribution in [-0.2, 0) is 10.0 Å². The van der Waals surface area contributed by atoms with Gasteiger partial charge in [-0.25, -0.2) is 8.42 Å². The second-order valence-electron chi connectivity index (χ2n) is 4.86. The Bertz CT molecular complexity index is 538. The van der Waals surface area contributed by atoms with Gasteiger partial charge >= 0.3 is 0 Å². The Kier molecular flexibility index (Phi) is 4.86. The molecule has 1 fully saturated rings. The largest absolute Gasteiger partial charge is 0.399 e. The van der Waals surface area contributed by atoms with Crippen molar-refractivity contribution in [3.05, 3.63) is 22.7 Å². The summed E-state index contributed by atoms with van der Waals surface area (Å²) < 4.78 is 27.5. The molecule has 1 aliphatic heterocycles. The van der Waals surface area contributed by atoms with Gasteiger partial charge in [-0.3, -0.25) is 0 Å². The summed E-state index contributed by atoms with van der Waals surface area (Å²) in [7, 11) is -3.45. The number of nitrogens with two attached hydrogens (primary N) is 1. The van der Waals surface area contributed by atoms with E-state index in [1.54, 1.807) is 16.4 Å². The monoisotopic (exact) mass is 346 g/mol. The second kappa shape index (κ2) is 6.24. The first kappa shape index (κ1) is 14.8. The molecule has 19 heavy (non-hydrogen) atoms. The SMILES string of the molecule is Nc1ccc(Br)c(S(=O)(=O)N2CCCCCCC2)c1. The van der Waals surface area contributed by atoms with Crippen LogP contribution >= 0.6 is 15.9 Å². The van der Waals surface area contributed by atoms with Gasteiger partial charge in [0.1, 0.15) is 0 Å². The number of hydrogen-bond donors (Lipinski definition) is 1. The van der Waals surface area contributed by atoms with E-state index in [1.165, 1.54) is 12.5 Å². The molecule has 0 radical (unpaired) electrons. The summed E-state index contributed by atoms with van der Waals surface area (Å²) in [6.45, 7) is 1.20. The Hall–Kier alpha value is -0.590. The summed E-state index contributed by atoms with van der Waals surface area (Å²) >= 11 is 3.31. The van der Waals surface area contributed by atoms with Crippen LogP contribution in [0.3, 0.4) is 0 Å². The zero-order chi connectivity index (χ0) is 13.9. The van der Waals surface area contributed by atoms with Gasteiger partial charge in [0.15, 0.2) is 0 Å². The maximum atomic E-state index is 12.7. The first-order chi connectivity index (χ1) is 9.01. The molecule has 2 rings (SSSR count). The van der Waals surface area contributed by atoms with Crippen molar-refractivity contribution in [1.29, 1.82) is 0 Å². The van der Waals surface area contributed by atoms with E-state index >= 15 is 0 Å². The molecule has 1 aliphatic rings. The molecule has 0 bridgehead atoms. The molecular formula is C13H19BrN2O2S. The lowest BCUT2D eigenvalue weighted by molar-refractivity contribution is 0.364. The zero-order valence-corrected chi connectivity index (χ0v) is 13.2. The van der Waals surface area contributed by atoms with Gasteiger partial charge in [-0.05, 0) is 47.0 Å². The molecule has 2 N–H and O–H groups in total. The van der Waals surface area contributed by atoms with Crippen LogP contribution in [0.4, 0.5) is 5.69 Å². The van der Waals surface area contributed by atoms with Crippen molar-refractivity contribution in [2.75, 3.05) is 18.8 Å². The van der Waals surface area contributed by atoms with Crippen molar-refractivity contribution in [2.45, 2.75) is 37.0 Å². The van der Waals surface area contributed by atoms with E-state index in [-0.39, 0.29) is 4.90 Å². The molecule has 1 saturated heterocycles. The number of hydrogen-bond acceptors (Lipinski definition) is 3. The van der Waals surface area contributed by atoms with Gasteiger partial charge in [0, 0.05) is 23.2 Å². The molecule has 6 heteroatoms. The third kappa shape index (κ3) is 3.49. The van der Waals surface area contributed by atoms with Gasteiger partial charge in [0.2, 0.25) is 10.0 Å². The molecule has 1 aromatic rings. The molecule has 0 unspecified atom stereocenters. The highest BCUT2D eigenvalue weighted by Crippen LogP contribution is 2.28. The highest BCUT2D eigenvalue weighted by Gasteiger charge is 2.26. The Morgan fingerprint density at radius 3 is 2.26 bits per heavy atom. The van der Waals surface area contributed by atoms with Crippen LogP contribution in [0.5, 0.6) is 0 Å². The summed E-state index contributed by atoms with van der Waals surface area (Å²) in [5.41, 5.74) is 6.17. The number of benzene rings is 1. The van der Waals surface area contributed by atoms with Crippen LogP contribution < -0.4 is 5.73 Å². The fourth-order valence-corrected chi connectivity index (χ4v) is 4.79. The van der Waals surface area contributed by atoms with Crippen LogP contribution in [0.2, 0.25) is 0 Å². The van der Waals surface area contributed by atoms with Gasteiger partial charge < -0.3 is 5.73 Å². The van der Waals surface area contributed by atoms with Crippen LogP contribution in [0.1, 0.15) is 32.1 Å². The Morgan fingerprint density at radius 2 is 1.63 bits per heavy atom. The number of nitrogens with zero attached hydrogens (tertiary/aromatic N) is 1. The Morgan fingerprint density at radius 1 is 1.05 bits per heavy atom. The van der Waals surface area contributed by atoms with Crippen LogP contribution in [-0.4, -0.2) is 25.8 Å². The lowest BCUT2D eigenvalue weighted by Crippen LogP contribution is -2.34. The van der Waals surface area contributed by atoms with E-state index < -0.39 is 10.0 Å². The standard InChI is InChI=1S/C13H19BrN2O2S/c14-12-7-6-11(15)10-13(12)19(17,18)16-8-4-2-1-3-5-9-16/h6-7,10H,1-5,8-9,15H2. The lowest BCUT2D eigenvalue weighted by atomic mass is 10.1. The van der Waals surface area contributed by atoms with E-state index in [4.69, 9.17) is 5.73 Å². The highest BCUT2D eigenvalue weighted by atomic mass is 79.9. The van der Waals surface area contributed by atoms with Gasteiger partial charge in [-0.15, -0.1) is 0 Å². The molecule has 0 amide bonds. The van der Waals surface area contributed by atoms with E-state index in [2.05, 4.69) is 15.9 Å². The second-order valence-corrected chi connectivity index (χ2v) is 7.62. The van der Waals surface area contributed by atoms with Gasteiger partial charge in [-0.2, -0.15) is 4.31 Å². The maximum absolute atomic E-state index is 12.7. The zero-order valence-electron chi connectivity index (χ0n) is 10.8. The molecular weight excluding hydrogens is 328 g/mol. The van der Waals surface area contributed by atoms with E-state index in [0.29, 0.717) is 23.2 Å². The molecule has 0 atom stereocenters. The molecule has 0 saturated carbocycles. The van der Waals surface area contributed by atoms with Crippen LogP contribution in [0.15, 0.2) is 27.6 Å². The normalized spacial score (nSPS) is 18.8. The minimum atomic E-state index is -3.45. The fourth-order valence-electron chi connectivity index (χ4n) is 2.32. The predicted octanol–water partition coefficient (Wildman–Crippen LogP) is 2.99. The summed E-state index contributed by atoms with van der Waals surface area (Å²) in [6, 6.07) is 4.90. The van der Waals surface area contributed by atoms with E-state index in [9.17, 15) is 8.42 Å². The van der Waals surface area contributed by atoms with Crippen molar-refractivity contribution in [1.82, 2.24) is 4.31 Å². The molecule has 106 valence electrons. The summed E-state index contributed by atoms with van der Waals surface area (Å²) in [6.07, 6.45) is 5.27. The molecule has 0 aliphatic carbocycles. The van der Waals surface area contributed by atoms with Gasteiger partial charge in [0.05, 0.1) is 4.90 Å². The average Bonchev–Trinajstić information content (AvgIpc) is 2.31. The van der Waals surface area contributed by atoms with Crippen molar-refractivity contribution >= 4 is 31.6 Å². The van der Waals surface area contributed by atoms with Crippen molar-refractivity contribution in [3.63, 3.8) is 0 Å². The lowest BCUT2D eigenvalue weighted by Gasteiger charge is -2.24. The predicted molar refractivity (Wildman–Crippen MR) is 80.4 cm³/mol. The van der Waals surface area contributed by atoms with Crippen molar-refractivity contribution < 1.29 is 8.42 Å². The van der Waals surface area contributed by atoms with E-state index in [0.717, 1.165) is 25.7 Å². The number of nitrogen functional groups attached to an aromatic ring is 1. The number of sulfonamides is 1. The molecule has 0 spiro atoms. The maximum Gasteiger partial charge on any atom is 0.244 e. The smallest absolute Gasteiger partial charge is 0.244 e. The quantitative estimate of drug-likeness (QED) is 0.837. The topological polar surface area (TPSA) is 63.4 Å². The third-order valence-electron chi connectivity index (χ3n) is 3.39. The van der Waals surface area contributed by atoms with Crippen LogP contribution in [0, 0.1) is 0 Å². The highest BCUT2D eigenvalue weighted by molar-refractivity contribution is 9.10. The van der Waals surface area contributed by atoms with Crippen molar-refractivity contribution in [2.24, 2.45) is 0 Å². The fraction of sp³-hybridized carbons (Fsp3) is 0.538. The number of anilines is 1. The number of rotatable bonds is 2. The summed E-state index contributed by atoms with van der Waals surface area (Å²) in [5.74, 6) is 0. The molecule has 0 aromatic heterocycles. The van der Waals surface area contributed by atoms with E-state index in [1.807, 2.05) is 0 Å². The van der Waals surface area contributed by atoms with Crippen molar-refractivity contribution in [3.8, 4) is 0 Å². The number of halogens is 1. The molecule has 1 heterocycles. The first-order valence-corrected chi connectivity index (χ1v) is 8.80. The molecule has 4 nitrogen and oxygen atoms in total. The first-order valence-electron chi connectivity index (χ1n) is 6.57. The minimum absolute atomic E-state index is 0.271. The van der Waals surface area contributed by atoms with Gasteiger partial charge in [-0.1, -0.05) is 19.3 Å². The Balaban J connectivity index is 2.31. The summed E-state index contributed by atoms with van der Waals surface area (Å²) in [4.78, 5) is 0.271. The van der Waals surface area contributed by atoms with Crippen LogP contribution in [0.25, 0.3) is 0 Å². The Labute approximate surface area is 123 Å². The minimum Gasteiger partial charge on any atom is -0.399 e. The average molecular weight is 347 g/mol.